The van der Waals surface area contributed by atoms with Crippen LogP contribution in [0.5, 0.6) is 0 Å². The first kappa shape index (κ1) is 109. The van der Waals surface area contributed by atoms with E-state index in [9.17, 15) is 72.5 Å². The van der Waals surface area contributed by atoms with Crippen LogP contribution in [-0.4, -0.2) is 282 Å². The molecule has 3 aliphatic heterocycles. The second-order valence-corrected chi connectivity index (χ2v) is 41.4. The van der Waals surface area contributed by atoms with E-state index in [0.29, 0.717) is 25.3 Å². The van der Waals surface area contributed by atoms with Crippen molar-refractivity contribution in [1.29, 1.82) is 0 Å². The molecule has 38 heteroatoms. The van der Waals surface area contributed by atoms with Crippen LogP contribution in [0, 0.1) is 41.4 Å². The van der Waals surface area contributed by atoms with Gasteiger partial charge in [-0.05, 0) is 116 Å². The summed E-state index contributed by atoms with van der Waals surface area (Å²) in [6.45, 7) is 28.0. The van der Waals surface area contributed by atoms with Crippen molar-refractivity contribution in [2.75, 3.05) is 66.0 Å². The smallest absolute Gasteiger partial charge is 0.338 e. The van der Waals surface area contributed by atoms with E-state index in [4.69, 9.17) is 23.7 Å². The van der Waals surface area contributed by atoms with Crippen LogP contribution < -0.4 is 26.6 Å². The van der Waals surface area contributed by atoms with E-state index in [2.05, 4.69) is 36.6 Å². The zero-order chi connectivity index (χ0) is 98.4. The Kier molecular flexibility index (Phi) is 40.8. The minimum absolute atomic E-state index is 0.00683. The van der Waals surface area contributed by atoms with Crippen LogP contribution >= 0.6 is 46.2 Å². The SMILES string of the molecule is CC[C@H](C)[C@H](NC(=O)C(C(C)C)N(C)C(=O)CCCSC1C(=O)N(CCOCCC(=O)NCC2CC2)C(=O)C1SCCCC(=O)N(C)[C@@H](C(=O)N[C@H](C(=O)N(C)[C@H](C[C@@H](OC(C)=O)c1nc(C(=O)N[C@@H](Cc2ccccc2)C2OC2(C)C(=O)O)cs1)C(C)C)[C@@H](C)CC)C(C)C)C(=O)N(C)[C@H](C[C@@H](OC(C)=O)c1nc(C(=O)N[C@@H](Cc2ccccc2)C2OC2(C)C(=O)O)cs1)C(C)C. The molecule has 4 fully saturated rings. The number of rotatable bonds is 56. The number of carbonyl (C=O) groups excluding carboxylic acids is 13. The number of benzene rings is 2. The standard InChI is InChI=1S/C95H138N12O22S4/c1-21-56(11)74(88(117)103(17)67(52(3)4)47-69(126-58(13)108)86-99-65(50-132-86)82(113)97-63(45-60-31-25-23-26-32-60)80-94(15,128-80)92(121)122)101-84(115)76(54(7)8)105(19)72(111)35-29-43-130-78-79(91(120)107(90(78)119)40-42-125-41-39-71(110)96-49-62-37-38-62)131-44-30-36-73(112)106(20)77(55(9)10)85(116)102-75(57(12)22-2)89(118)104(18)68(53(5)6)48-70(127-59(14)109)87-100-66(51-133-87)83(114)98-64(46-61-33-27-24-28-34-61)81-95(16,129-81)93(123)124/h23-28,31-34,50-57,62-64,67-70,74-81H,21-22,29-30,35-49H2,1-20H3,(H,96,110)(H,97,113)(H,98,114)(H,101,115)(H,102,116)(H,121,122)(H,123,124)/t56-,57-,63-,64-,67+,68+,69+,70+,74-,75-,76+,77?,78?,79?,80?,81?,94?,95?/m0/s1. The number of likely N-dealkylation sites (N-methyl/N-ethyl adjacent to an activating group) is 4. The first-order valence-corrected chi connectivity index (χ1v) is 50.0. The van der Waals surface area contributed by atoms with Gasteiger partial charge < -0.3 is 80.1 Å². The number of carboxylic acid groups (broad SMARTS) is 2. The van der Waals surface area contributed by atoms with Gasteiger partial charge in [0.15, 0.2) is 23.4 Å². The van der Waals surface area contributed by atoms with Crippen molar-refractivity contribution in [2.24, 2.45) is 41.4 Å². The topological polar surface area (TPSA) is 451 Å². The number of aromatic nitrogens is 2. The summed E-state index contributed by atoms with van der Waals surface area (Å²) in [5.74, 6) is -10.1. The molecule has 3 saturated heterocycles. The summed E-state index contributed by atoms with van der Waals surface area (Å²) in [6, 6.07) is 11.4. The van der Waals surface area contributed by atoms with Gasteiger partial charge in [0.05, 0.1) is 31.8 Å². The number of imide groups is 1. The van der Waals surface area contributed by atoms with Gasteiger partial charge in [-0.25, -0.2) is 19.6 Å². The summed E-state index contributed by atoms with van der Waals surface area (Å²) in [5.41, 5.74) is -1.36. The number of ether oxygens (including phenoxy) is 5. The molecular weight excluding hydrogens is 1790 g/mol. The highest BCUT2D eigenvalue weighted by atomic mass is 32.2. The first-order valence-electron chi connectivity index (χ1n) is 46.1. The molecule has 8 rings (SSSR count). The van der Waals surface area contributed by atoms with E-state index < -0.39 is 201 Å². The fourth-order valence-electron chi connectivity index (χ4n) is 16.8. The summed E-state index contributed by atoms with van der Waals surface area (Å²) < 4.78 is 28.9. The van der Waals surface area contributed by atoms with Crippen molar-refractivity contribution in [3.8, 4) is 0 Å². The van der Waals surface area contributed by atoms with Gasteiger partial charge in [0.1, 0.15) is 68.3 Å². The fourth-order valence-corrected chi connectivity index (χ4v) is 21.2. The number of likely N-dealkylation sites (tertiary alicyclic amines) is 1. The maximum Gasteiger partial charge on any atom is 0.338 e. The molecule has 34 nitrogen and oxygen atoms in total. The number of thiazole rings is 2. The molecule has 2 aromatic carbocycles. The number of carbonyl (C=O) groups is 15. The number of hydrogen-bond acceptors (Lipinski definition) is 26. The van der Waals surface area contributed by atoms with Gasteiger partial charge in [0.2, 0.25) is 53.2 Å². The lowest BCUT2D eigenvalue weighted by atomic mass is 9.92. The van der Waals surface area contributed by atoms with E-state index >= 15 is 9.59 Å². The van der Waals surface area contributed by atoms with Gasteiger partial charge in [-0.2, -0.15) is 0 Å². The third-order valence-corrected chi connectivity index (χ3v) is 30.3. The van der Waals surface area contributed by atoms with E-state index in [1.165, 1.54) is 95.7 Å². The Labute approximate surface area is 797 Å². The molecule has 7 unspecified atom stereocenters. The molecule has 2 aromatic heterocycles. The number of esters is 2. The predicted octanol–water partition coefficient (Wildman–Crippen LogP) is 9.51. The average Bonchev–Trinajstić information content (AvgIpc) is 1.59. The van der Waals surface area contributed by atoms with Crippen LogP contribution in [0.3, 0.4) is 0 Å². The van der Waals surface area contributed by atoms with Crippen LogP contribution in [0.1, 0.15) is 236 Å². The zero-order valence-electron chi connectivity index (χ0n) is 80.3. The van der Waals surface area contributed by atoms with Crippen molar-refractivity contribution in [3.63, 3.8) is 0 Å². The molecule has 133 heavy (non-hydrogen) atoms. The first-order chi connectivity index (χ1) is 62.8. The van der Waals surface area contributed by atoms with Crippen molar-refractivity contribution < 1.29 is 106 Å². The molecule has 734 valence electrons. The Morgan fingerprint density at radius 2 is 0.925 bits per heavy atom. The number of carboxylic acids is 2. The molecule has 4 aromatic rings. The van der Waals surface area contributed by atoms with Gasteiger partial charge in [-0.1, -0.05) is 157 Å². The minimum Gasteiger partial charge on any atom is -0.479 e. The quantitative estimate of drug-likeness (QED) is 0.00935. The summed E-state index contributed by atoms with van der Waals surface area (Å²) in [4.78, 5) is 224. The summed E-state index contributed by atoms with van der Waals surface area (Å²) in [5, 5.41) is 36.4. The van der Waals surface area contributed by atoms with Gasteiger partial charge in [0, 0.05) is 104 Å². The molecule has 18 atom stereocenters. The number of nitrogens with one attached hydrogen (secondary N) is 5. The minimum atomic E-state index is -1.51. The highest BCUT2D eigenvalue weighted by Crippen LogP contribution is 2.43. The number of hydrogen-bond donors (Lipinski definition) is 7. The zero-order valence-corrected chi connectivity index (χ0v) is 83.6. The Bertz CT molecular complexity index is 4420. The lowest BCUT2D eigenvalue weighted by Gasteiger charge is -2.38. The van der Waals surface area contributed by atoms with Crippen LogP contribution in [0.2, 0.25) is 0 Å². The molecule has 7 N–H and O–H groups in total. The fraction of sp³-hybridized carbons (Fsp3) is 0.653. The Balaban J connectivity index is 0.880. The maximum atomic E-state index is 15.0. The third kappa shape index (κ3) is 29.8. The summed E-state index contributed by atoms with van der Waals surface area (Å²) >= 11 is 4.57. The maximum absolute atomic E-state index is 15.0. The predicted molar refractivity (Wildman–Crippen MR) is 504 cm³/mol. The number of nitrogens with zero attached hydrogens (tertiary/aromatic N) is 7. The molecule has 4 aliphatic rings. The second kappa shape index (κ2) is 49.9. The van der Waals surface area contributed by atoms with E-state index in [1.807, 2.05) is 116 Å². The van der Waals surface area contributed by atoms with Crippen LogP contribution in [-0.2, 0) is 98.9 Å². The van der Waals surface area contributed by atoms with Crippen molar-refractivity contribution in [3.05, 3.63) is 104 Å². The van der Waals surface area contributed by atoms with Crippen LogP contribution in [0.25, 0.3) is 0 Å². The van der Waals surface area contributed by atoms with E-state index in [0.717, 1.165) is 51.5 Å². The summed E-state index contributed by atoms with van der Waals surface area (Å²) in [7, 11) is 6.25. The van der Waals surface area contributed by atoms with Gasteiger partial charge in [0.25, 0.3) is 11.8 Å². The van der Waals surface area contributed by atoms with Gasteiger partial charge >= 0.3 is 23.9 Å². The van der Waals surface area contributed by atoms with Gasteiger partial charge in [-0.3, -0.25) is 67.2 Å². The number of amides is 11. The third-order valence-electron chi connectivity index (χ3n) is 25.5. The Hall–Kier alpha value is -9.47. The molecule has 1 saturated carbocycles. The van der Waals surface area contributed by atoms with Crippen LogP contribution in [0.4, 0.5) is 0 Å². The molecule has 0 radical (unpaired) electrons. The molecule has 0 bridgehead atoms. The number of thioether (sulfide) groups is 2. The molecule has 5 heterocycles. The van der Waals surface area contributed by atoms with E-state index in [-0.39, 0.29) is 128 Å². The molecule has 11 amide bonds. The molecular formula is C95H138N12O22S4. The van der Waals surface area contributed by atoms with Crippen molar-refractivity contribution in [1.82, 2.24) is 61.1 Å². The lowest BCUT2D eigenvalue weighted by molar-refractivity contribution is -0.150. The number of aliphatic carboxylic acids is 2. The average molecular weight is 1930 g/mol. The van der Waals surface area contributed by atoms with E-state index in [1.54, 1.807) is 41.8 Å². The van der Waals surface area contributed by atoms with Crippen molar-refractivity contribution >= 4 is 135 Å². The number of epoxide rings is 2. The molecule has 0 spiro atoms. The summed E-state index contributed by atoms with van der Waals surface area (Å²) in [6.07, 6.45) is 0.331. The second-order valence-electron chi connectivity index (χ2n) is 37.1. The monoisotopic (exact) mass is 1930 g/mol. The normalized spacial score (nSPS) is 20.8. The Morgan fingerprint density at radius 1 is 0.541 bits per heavy atom. The van der Waals surface area contributed by atoms with Gasteiger partial charge in [-0.15, -0.1) is 46.2 Å². The molecule has 1 aliphatic carbocycles. The van der Waals surface area contributed by atoms with Crippen LogP contribution in [0.15, 0.2) is 71.4 Å². The Morgan fingerprint density at radius 3 is 1.26 bits per heavy atom. The largest absolute Gasteiger partial charge is 0.479 e. The highest BCUT2D eigenvalue weighted by Gasteiger charge is 2.64. The van der Waals surface area contributed by atoms with Crippen molar-refractivity contribution in [2.45, 2.75) is 289 Å². The highest BCUT2D eigenvalue weighted by molar-refractivity contribution is 8.04. The lowest BCUT2D eigenvalue weighted by Crippen LogP contribution is -2.59.